The Kier molecular flexibility index (Phi) is 4.20. The summed E-state index contributed by atoms with van der Waals surface area (Å²) in [6, 6.07) is 0. The topological polar surface area (TPSA) is 0 Å². The monoisotopic (exact) mass is 255 g/mol. The summed E-state index contributed by atoms with van der Waals surface area (Å²) in [5.74, 6) is 0. The molecule has 4 heteroatoms. The van der Waals surface area contributed by atoms with E-state index in [1.165, 1.54) is 0 Å². The van der Waals surface area contributed by atoms with Gasteiger partial charge in [0.05, 0.1) is 0 Å². The van der Waals surface area contributed by atoms with Gasteiger partial charge in [-0.05, 0) is 0 Å². The fourth-order valence-electron chi connectivity index (χ4n) is 0. The Morgan fingerprint density at radius 2 is 1.50 bits per heavy atom. The summed E-state index contributed by atoms with van der Waals surface area (Å²) >= 11 is 1.69. The van der Waals surface area contributed by atoms with Gasteiger partial charge in [-0.25, -0.2) is 0 Å². The molecule has 0 saturated heterocycles. The van der Waals surface area contributed by atoms with E-state index in [9.17, 15) is 0 Å². The van der Waals surface area contributed by atoms with Crippen molar-refractivity contribution in [1.29, 1.82) is 0 Å². The first-order chi connectivity index (χ1) is 1.73. The molecule has 0 heterocycles. The average molecular weight is 257 g/mol. The molecule has 0 bridgehead atoms. The van der Waals surface area contributed by atoms with Crippen LogP contribution in [0.1, 0.15) is 0 Å². The molecule has 0 aliphatic heterocycles. The molecule has 31 valence electrons. The second kappa shape index (κ2) is 2.93. The summed E-state index contributed by atoms with van der Waals surface area (Å²) in [5, 5.41) is 0. The third-order valence-electron chi connectivity index (χ3n) is 0. The number of hydrogen-bond acceptors (Lipinski definition) is 0. The van der Waals surface area contributed by atoms with Gasteiger partial charge in [0.2, 0.25) is 0 Å². The summed E-state index contributed by atoms with van der Waals surface area (Å²) in [7, 11) is 10.1. The van der Waals surface area contributed by atoms with Gasteiger partial charge in [-0.1, -0.05) is 0 Å². The Morgan fingerprint density at radius 3 is 1.50 bits per heavy atom. The number of hydrogen-bond donors (Lipinski definition) is 0. The maximum atomic E-state index is 5.07. The van der Waals surface area contributed by atoms with Gasteiger partial charge in [0.25, 0.3) is 0 Å². The van der Waals surface area contributed by atoms with Gasteiger partial charge in [0.15, 0.2) is 0 Å². The van der Waals surface area contributed by atoms with E-state index in [0.717, 1.165) is 0 Å². The van der Waals surface area contributed by atoms with Crippen LogP contribution in [0.15, 0.2) is 0 Å². The maximum absolute atomic E-state index is 5.07. The first-order valence-electron chi connectivity index (χ1n) is 0.359. The predicted octanol–water partition coefficient (Wildman–Crippen LogP) is 2.22. The van der Waals surface area contributed by atoms with Gasteiger partial charge < -0.3 is 0 Å². The molecule has 0 nitrogen and oxygen atoms in total. The predicted molar refractivity (Wildman–Crippen MR) is 20.6 cm³/mol. The second-order valence-electron chi connectivity index (χ2n) is 0.136. The van der Waals surface area contributed by atoms with Crippen LogP contribution in [0.5, 0.6) is 0 Å². The standard InChI is InChI=1S/BrH.2ClH.Pd/h3*1H;/q;;;+3/p-3. The van der Waals surface area contributed by atoms with Crippen molar-refractivity contribution in [3.8, 4) is 0 Å². The summed E-state index contributed by atoms with van der Waals surface area (Å²) < 4.78 is 0. The number of halogens is 3. The Morgan fingerprint density at radius 1 is 1.50 bits per heavy atom. The first-order valence-corrected chi connectivity index (χ1v) is 7.92. The molecule has 0 saturated carbocycles. The fraction of sp³-hybridized carbons (Fsp3) is 0. The van der Waals surface area contributed by atoms with Crippen LogP contribution in [0.25, 0.3) is 0 Å². The quantitative estimate of drug-likeness (QED) is 0.584. The van der Waals surface area contributed by atoms with Crippen LogP contribution in [0, 0.1) is 0 Å². The van der Waals surface area contributed by atoms with Crippen LogP contribution in [0.3, 0.4) is 0 Å². The van der Waals surface area contributed by atoms with Gasteiger partial charge in [0, 0.05) is 0 Å². The van der Waals surface area contributed by atoms with Crippen LogP contribution >= 0.6 is 32.5 Å². The van der Waals surface area contributed by atoms with Crippen LogP contribution in [0.2, 0.25) is 0 Å². The molecular formula is BrCl2Pd. The summed E-state index contributed by atoms with van der Waals surface area (Å²) in [5.41, 5.74) is 0. The molecule has 0 amide bonds. The van der Waals surface area contributed by atoms with E-state index < -0.39 is 12.7 Å². The SMILES string of the molecule is [Cl][Pd]([Cl])[Br]. The molecule has 0 unspecified atom stereocenters. The molecule has 0 aliphatic carbocycles. The second-order valence-corrected chi connectivity index (χ2v) is 10.7. The molecule has 0 rings (SSSR count). The zero-order chi connectivity index (χ0) is 3.58. The molecule has 0 aromatic carbocycles. The van der Waals surface area contributed by atoms with Crippen molar-refractivity contribution in [2.45, 2.75) is 0 Å². The van der Waals surface area contributed by atoms with Crippen LogP contribution < -0.4 is 0 Å². The van der Waals surface area contributed by atoms with E-state index in [0.29, 0.717) is 0 Å². The molecule has 0 fully saturated rings. The average Bonchev–Trinajstić information content (AvgIpc) is 0.811. The molecular weight excluding hydrogens is 257 g/mol. The molecule has 0 aromatic rings. The molecule has 0 aromatic heterocycles. The van der Waals surface area contributed by atoms with Crippen LogP contribution in [-0.2, 0) is 12.7 Å². The van der Waals surface area contributed by atoms with Crippen molar-refractivity contribution in [2.75, 3.05) is 0 Å². The minimum absolute atomic E-state index is 1.23. The first kappa shape index (κ1) is 5.72. The Balaban J connectivity index is 2.32. The normalized spacial score (nSPS) is 11.2. The minimum atomic E-state index is -1.23. The van der Waals surface area contributed by atoms with Crippen molar-refractivity contribution in [3.05, 3.63) is 0 Å². The van der Waals surface area contributed by atoms with E-state index >= 15 is 0 Å². The third kappa shape index (κ3) is 9.30. The molecule has 0 atom stereocenters. The van der Waals surface area contributed by atoms with Crippen molar-refractivity contribution >= 4 is 32.5 Å². The molecule has 0 N–H and O–H groups in total. The summed E-state index contributed by atoms with van der Waals surface area (Å²) in [6.45, 7) is 0. The number of rotatable bonds is 0. The van der Waals surface area contributed by atoms with E-state index in [1.54, 1.807) is 0 Å². The van der Waals surface area contributed by atoms with Crippen molar-refractivity contribution in [3.63, 3.8) is 0 Å². The zero-order valence-electron chi connectivity index (χ0n) is 1.45. The molecule has 4 heavy (non-hydrogen) atoms. The van der Waals surface area contributed by atoms with Gasteiger partial charge in [-0.3, -0.25) is 0 Å². The zero-order valence-corrected chi connectivity index (χ0v) is 6.10. The van der Waals surface area contributed by atoms with E-state index in [1.807, 2.05) is 0 Å². The summed E-state index contributed by atoms with van der Waals surface area (Å²) in [4.78, 5) is 0. The molecule has 0 radical (unpaired) electrons. The van der Waals surface area contributed by atoms with Crippen molar-refractivity contribution in [1.82, 2.24) is 0 Å². The van der Waals surface area contributed by atoms with E-state index in [-0.39, 0.29) is 0 Å². The van der Waals surface area contributed by atoms with E-state index in [4.69, 9.17) is 19.1 Å². The third-order valence-corrected chi connectivity index (χ3v) is 0. The van der Waals surface area contributed by atoms with Gasteiger partial charge >= 0.3 is 45.2 Å². The Labute approximate surface area is 44.9 Å². The van der Waals surface area contributed by atoms with Crippen LogP contribution in [-0.4, -0.2) is 0 Å². The molecule has 0 spiro atoms. The Hall–Kier alpha value is 1.72. The van der Waals surface area contributed by atoms with Gasteiger partial charge in [-0.2, -0.15) is 0 Å². The Bertz CT molecular complexity index is 10.8. The fourth-order valence-corrected chi connectivity index (χ4v) is 0. The van der Waals surface area contributed by atoms with Crippen LogP contribution in [0.4, 0.5) is 0 Å². The van der Waals surface area contributed by atoms with Crippen molar-refractivity contribution < 1.29 is 12.7 Å². The summed E-state index contributed by atoms with van der Waals surface area (Å²) in [6.07, 6.45) is 0. The molecule has 0 aliphatic rings. The van der Waals surface area contributed by atoms with Gasteiger partial charge in [0.1, 0.15) is 0 Å². The van der Waals surface area contributed by atoms with Gasteiger partial charge in [-0.15, -0.1) is 0 Å². The van der Waals surface area contributed by atoms with Crippen molar-refractivity contribution in [2.24, 2.45) is 0 Å². The van der Waals surface area contributed by atoms with E-state index in [2.05, 4.69) is 13.4 Å².